The van der Waals surface area contributed by atoms with E-state index in [1.54, 1.807) is 0 Å². The summed E-state index contributed by atoms with van der Waals surface area (Å²) in [6.07, 6.45) is 0. The van der Waals surface area contributed by atoms with E-state index in [9.17, 15) is 0 Å². The Morgan fingerprint density at radius 1 is 1.00 bits per heavy atom. The highest BCUT2D eigenvalue weighted by Crippen LogP contribution is 2.35. The van der Waals surface area contributed by atoms with Crippen LogP contribution in [-0.4, -0.2) is 0 Å². The average Bonchev–Trinajstić information content (AvgIpc) is 2.68. The Balaban J connectivity index is 2.60. The number of hydrazine groups is 1. The number of hydrogen-bond donors (Lipinski definition) is 2. The molecule has 0 amide bonds. The molecule has 0 saturated carbocycles. The Morgan fingerprint density at radius 2 is 1.69 bits per heavy atom. The van der Waals surface area contributed by atoms with Crippen LogP contribution in [0.5, 0.6) is 0 Å². The second-order valence-corrected chi connectivity index (χ2v) is 3.87. The minimum absolute atomic E-state index is 0.861. The van der Waals surface area contributed by atoms with Crippen molar-refractivity contribution in [2.75, 3.05) is 5.43 Å². The van der Waals surface area contributed by atoms with Crippen LogP contribution >= 0.6 is 0 Å². The van der Waals surface area contributed by atoms with Crippen LogP contribution in [0.3, 0.4) is 0 Å². The topological polar surface area (TPSA) is 51.2 Å². The van der Waals surface area contributed by atoms with Crippen LogP contribution in [0.2, 0.25) is 0 Å². The predicted molar refractivity (Wildman–Crippen MR) is 66.3 cm³/mol. The van der Waals surface area contributed by atoms with Crippen LogP contribution in [0.15, 0.2) is 40.8 Å². The van der Waals surface area contributed by atoms with Crippen molar-refractivity contribution >= 4 is 27.6 Å². The first kappa shape index (κ1) is 9.24. The van der Waals surface area contributed by atoms with Crippen LogP contribution in [0.1, 0.15) is 5.56 Å². The molecule has 0 fully saturated rings. The van der Waals surface area contributed by atoms with Gasteiger partial charge in [-0.2, -0.15) is 0 Å². The molecule has 1 heterocycles. The summed E-state index contributed by atoms with van der Waals surface area (Å²) in [5.74, 6) is 5.52. The molecule has 0 spiro atoms. The van der Waals surface area contributed by atoms with E-state index in [4.69, 9.17) is 10.3 Å². The molecule has 80 valence electrons. The lowest BCUT2D eigenvalue weighted by Crippen LogP contribution is -2.06. The van der Waals surface area contributed by atoms with Crippen LogP contribution < -0.4 is 11.3 Å². The normalized spacial score (nSPS) is 11.1. The van der Waals surface area contributed by atoms with Gasteiger partial charge < -0.3 is 9.84 Å². The van der Waals surface area contributed by atoms with Crippen molar-refractivity contribution in [1.29, 1.82) is 0 Å². The van der Waals surface area contributed by atoms with E-state index in [-0.39, 0.29) is 0 Å². The molecule has 0 aliphatic rings. The van der Waals surface area contributed by atoms with Crippen LogP contribution in [-0.2, 0) is 0 Å². The molecule has 0 radical (unpaired) electrons. The molecule has 16 heavy (non-hydrogen) atoms. The van der Waals surface area contributed by atoms with Gasteiger partial charge in [0, 0.05) is 5.39 Å². The lowest BCUT2D eigenvalue weighted by molar-refractivity contribution is 0.669. The van der Waals surface area contributed by atoms with E-state index in [2.05, 4.69) is 18.4 Å². The van der Waals surface area contributed by atoms with Gasteiger partial charge in [0.05, 0.1) is 11.1 Å². The highest BCUT2D eigenvalue weighted by Gasteiger charge is 2.11. The minimum atomic E-state index is 0.861. The summed E-state index contributed by atoms with van der Waals surface area (Å²) in [6.45, 7) is 2.07. The zero-order valence-corrected chi connectivity index (χ0v) is 8.95. The van der Waals surface area contributed by atoms with Gasteiger partial charge in [-0.05, 0) is 30.7 Å². The Morgan fingerprint density at radius 3 is 2.44 bits per heavy atom. The van der Waals surface area contributed by atoms with E-state index in [0.29, 0.717) is 0 Å². The highest BCUT2D eigenvalue weighted by atomic mass is 16.3. The number of furan rings is 1. The van der Waals surface area contributed by atoms with E-state index >= 15 is 0 Å². The van der Waals surface area contributed by atoms with Gasteiger partial charge in [-0.15, -0.1) is 0 Å². The molecular formula is C13H12N2O. The number of anilines is 1. The second-order valence-electron chi connectivity index (χ2n) is 3.87. The van der Waals surface area contributed by atoms with E-state index in [0.717, 1.165) is 27.6 Å². The van der Waals surface area contributed by atoms with E-state index < -0.39 is 0 Å². The van der Waals surface area contributed by atoms with Gasteiger partial charge in [0.2, 0.25) is 0 Å². The maximum Gasteiger partial charge on any atom is 0.137 e. The van der Waals surface area contributed by atoms with Crippen molar-refractivity contribution < 1.29 is 4.42 Å². The molecule has 2 aromatic carbocycles. The zero-order chi connectivity index (χ0) is 11.1. The molecule has 3 aromatic rings. The van der Waals surface area contributed by atoms with Crippen LogP contribution in [0.4, 0.5) is 5.69 Å². The van der Waals surface area contributed by atoms with Gasteiger partial charge in [-0.25, -0.2) is 0 Å². The molecule has 3 nitrogen and oxygen atoms in total. The Bertz CT molecular complexity index is 670. The molecule has 0 atom stereocenters. The number of rotatable bonds is 1. The second kappa shape index (κ2) is 3.25. The number of nitrogens with one attached hydrogen (secondary N) is 1. The number of hydrogen-bond acceptors (Lipinski definition) is 3. The molecule has 3 rings (SSSR count). The van der Waals surface area contributed by atoms with Gasteiger partial charge in [-0.3, -0.25) is 5.84 Å². The first-order valence-electron chi connectivity index (χ1n) is 5.18. The number of nitrogen functional groups attached to an aromatic ring is 1. The Labute approximate surface area is 92.8 Å². The third-order valence-electron chi connectivity index (χ3n) is 2.89. The van der Waals surface area contributed by atoms with Crippen molar-refractivity contribution in [3.05, 3.63) is 42.0 Å². The van der Waals surface area contributed by atoms with Gasteiger partial charge in [0.15, 0.2) is 0 Å². The van der Waals surface area contributed by atoms with Crippen molar-refractivity contribution in [3.8, 4) is 0 Å². The van der Waals surface area contributed by atoms with Crippen molar-refractivity contribution in [2.24, 2.45) is 5.84 Å². The molecule has 0 saturated heterocycles. The first-order valence-corrected chi connectivity index (χ1v) is 5.18. The molecule has 0 aliphatic heterocycles. The van der Waals surface area contributed by atoms with Crippen molar-refractivity contribution in [3.63, 3.8) is 0 Å². The van der Waals surface area contributed by atoms with Gasteiger partial charge >= 0.3 is 0 Å². The fraction of sp³-hybridized carbons (Fsp3) is 0.0769. The summed E-state index contributed by atoms with van der Waals surface area (Å²) in [5.41, 5.74) is 6.56. The molecule has 1 aromatic heterocycles. The quantitative estimate of drug-likeness (QED) is 0.481. The van der Waals surface area contributed by atoms with Gasteiger partial charge in [0.1, 0.15) is 11.2 Å². The summed E-state index contributed by atoms with van der Waals surface area (Å²) in [6, 6.07) is 11.9. The Hall–Kier alpha value is -2.00. The van der Waals surface area contributed by atoms with Crippen molar-refractivity contribution in [1.82, 2.24) is 0 Å². The predicted octanol–water partition coefficient (Wildman–Crippen LogP) is 3.18. The summed E-state index contributed by atoms with van der Waals surface area (Å²) < 4.78 is 5.78. The summed E-state index contributed by atoms with van der Waals surface area (Å²) >= 11 is 0. The lowest BCUT2D eigenvalue weighted by atomic mass is 10.1. The SMILES string of the molecule is Cc1cccc2oc3cccc(NN)c3c12. The minimum Gasteiger partial charge on any atom is -0.456 e. The molecule has 0 aliphatic carbocycles. The van der Waals surface area contributed by atoms with Gasteiger partial charge in [-0.1, -0.05) is 18.2 Å². The maximum absolute atomic E-state index is 5.78. The fourth-order valence-electron chi connectivity index (χ4n) is 2.16. The third-order valence-corrected chi connectivity index (χ3v) is 2.89. The molecule has 3 N–H and O–H groups in total. The standard InChI is InChI=1S/C13H12N2O/c1-8-4-2-6-10-12(8)13-9(15-14)5-3-7-11(13)16-10/h2-7,15H,14H2,1H3. The van der Waals surface area contributed by atoms with E-state index in [1.807, 2.05) is 30.3 Å². The largest absolute Gasteiger partial charge is 0.456 e. The number of benzene rings is 2. The molecule has 0 unspecified atom stereocenters. The number of nitrogens with two attached hydrogens (primary N) is 1. The van der Waals surface area contributed by atoms with Crippen LogP contribution in [0, 0.1) is 6.92 Å². The van der Waals surface area contributed by atoms with Gasteiger partial charge in [0.25, 0.3) is 0 Å². The molecule has 0 bridgehead atoms. The van der Waals surface area contributed by atoms with Crippen LogP contribution in [0.25, 0.3) is 21.9 Å². The lowest BCUT2D eigenvalue weighted by Gasteiger charge is -2.01. The fourth-order valence-corrected chi connectivity index (χ4v) is 2.16. The van der Waals surface area contributed by atoms with E-state index in [1.165, 1.54) is 5.56 Å². The maximum atomic E-state index is 5.78. The molecule has 3 heteroatoms. The van der Waals surface area contributed by atoms with Crippen molar-refractivity contribution in [2.45, 2.75) is 6.92 Å². The summed E-state index contributed by atoms with van der Waals surface area (Å²) in [7, 11) is 0. The number of aryl methyl sites for hydroxylation is 1. The highest BCUT2D eigenvalue weighted by molar-refractivity contribution is 6.12. The summed E-state index contributed by atoms with van der Waals surface area (Å²) in [5, 5.41) is 2.18. The first-order chi connectivity index (χ1) is 7.81. The zero-order valence-electron chi connectivity index (χ0n) is 8.95. The monoisotopic (exact) mass is 212 g/mol. The number of fused-ring (bicyclic) bond motifs is 3. The third kappa shape index (κ3) is 1.12. The summed E-state index contributed by atoms with van der Waals surface area (Å²) in [4.78, 5) is 0. The smallest absolute Gasteiger partial charge is 0.137 e. The Kier molecular flexibility index (Phi) is 1.88. The molecular weight excluding hydrogens is 200 g/mol. The average molecular weight is 212 g/mol.